The lowest BCUT2D eigenvalue weighted by Gasteiger charge is -2.35. The van der Waals surface area contributed by atoms with E-state index in [2.05, 4.69) is 4.99 Å². The summed E-state index contributed by atoms with van der Waals surface area (Å²) in [6.45, 7) is -0.366. The number of alkyl halides is 1. The molecule has 2 aliphatic rings. The number of nitrogens with two attached hydrogens (primary N) is 1. The fourth-order valence-corrected chi connectivity index (χ4v) is 2.83. The Labute approximate surface area is 109 Å². The van der Waals surface area contributed by atoms with Crippen molar-refractivity contribution in [3.8, 4) is 0 Å². The molecule has 3 atom stereocenters. The van der Waals surface area contributed by atoms with E-state index in [1.54, 1.807) is 18.2 Å². The predicted molar refractivity (Wildman–Crippen MR) is 64.9 cm³/mol. The van der Waals surface area contributed by atoms with Crippen molar-refractivity contribution in [2.75, 3.05) is 19.9 Å². The molecule has 1 fully saturated rings. The smallest absolute Gasteiger partial charge is 0.282 e. The van der Waals surface area contributed by atoms with E-state index in [9.17, 15) is 8.78 Å². The lowest BCUT2D eigenvalue weighted by Crippen LogP contribution is -2.45. The summed E-state index contributed by atoms with van der Waals surface area (Å²) in [4.78, 5) is 4.25. The molecule has 6 heteroatoms. The van der Waals surface area contributed by atoms with Gasteiger partial charge in [-0.3, -0.25) is 0 Å². The first-order chi connectivity index (χ1) is 9.17. The van der Waals surface area contributed by atoms with Crippen molar-refractivity contribution in [1.82, 2.24) is 0 Å². The number of nitrogens with zero attached hydrogens (tertiary/aromatic N) is 1. The Kier molecular flexibility index (Phi) is 2.89. The maximum Gasteiger partial charge on any atom is 0.282 e. The average molecular weight is 268 g/mol. The summed E-state index contributed by atoms with van der Waals surface area (Å²) in [5.74, 6) is -0.768. The van der Waals surface area contributed by atoms with E-state index in [1.165, 1.54) is 6.07 Å². The summed E-state index contributed by atoms with van der Waals surface area (Å²) in [7, 11) is 0. The maximum absolute atomic E-state index is 14.1. The van der Waals surface area contributed by atoms with Crippen molar-refractivity contribution in [1.29, 1.82) is 0 Å². The average Bonchev–Trinajstić information content (AvgIpc) is 2.77. The number of amidine groups is 1. The first kappa shape index (κ1) is 12.3. The van der Waals surface area contributed by atoms with Crippen molar-refractivity contribution < 1.29 is 18.3 Å². The Hall–Kier alpha value is -1.69. The number of rotatable bonds is 2. The predicted octanol–water partition coefficient (Wildman–Crippen LogP) is 1.35. The molecule has 0 radical (unpaired) electrons. The van der Waals surface area contributed by atoms with Gasteiger partial charge in [0, 0.05) is 5.56 Å². The van der Waals surface area contributed by atoms with Crippen LogP contribution in [0.3, 0.4) is 0 Å². The Bertz CT molecular complexity index is 523. The molecule has 1 aromatic rings. The highest BCUT2D eigenvalue weighted by Gasteiger charge is 2.54. The van der Waals surface area contributed by atoms with Crippen molar-refractivity contribution in [2.45, 2.75) is 11.6 Å². The van der Waals surface area contributed by atoms with Gasteiger partial charge in [-0.25, -0.2) is 13.8 Å². The van der Waals surface area contributed by atoms with Crippen LogP contribution in [0.5, 0.6) is 0 Å². The van der Waals surface area contributed by atoms with Gasteiger partial charge in [0.05, 0.1) is 25.2 Å². The lowest BCUT2D eigenvalue weighted by molar-refractivity contribution is 0.0528. The van der Waals surface area contributed by atoms with Crippen LogP contribution in [-0.2, 0) is 15.0 Å². The molecule has 1 aromatic carbocycles. The molecule has 0 amide bonds. The molecular weight excluding hydrogens is 254 g/mol. The first-order valence-electron chi connectivity index (χ1n) is 6.08. The Morgan fingerprint density at radius 1 is 1.42 bits per heavy atom. The summed E-state index contributed by atoms with van der Waals surface area (Å²) < 4.78 is 37.7. The molecule has 2 N–H and O–H groups in total. The molecule has 0 spiro atoms. The second kappa shape index (κ2) is 4.45. The van der Waals surface area contributed by atoms with Gasteiger partial charge in [0.1, 0.15) is 18.0 Å². The fourth-order valence-electron chi connectivity index (χ4n) is 2.83. The van der Waals surface area contributed by atoms with E-state index in [-0.39, 0.29) is 25.2 Å². The van der Waals surface area contributed by atoms with Gasteiger partial charge in [-0.1, -0.05) is 18.2 Å². The van der Waals surface area contributed by atoms with Crippen LogP contribution >= 0.6 is 0 Å². The van der Waals surface area contributed by atoms with Crippen molar-refractivity contribution in [3.63, 3.8) is 0 Å². The van der Waals surface area contributed by atoms with Crippen LogP contribution in [0.4, 0.5) is 8.78 Å². The number of hydrogen-bond acceptors (Lipinski definition) is 4. The van der Waals surface area contributed by atoms with Crippen LogP contribution in [0.15, 0.2) is 29.3 Å². The number of halogens is 2. The number of ether oxygens (including phenoxy) is 2. The van der Waals surface area contributed by atoms with E-state index in [1.807, 2.05) is 0 Å². The van der Waals surface area contributed by atoms with Gasteiger partial charge in [-0.05, 0) is 6.07 Å². The second-order valence-corrected chi connectivity index (χ2v) is 4.78. The zero-order chi connectivity index (χ0) is 13.5. The number of fused-ring (bicyclic) bond motifs is 1. The van der Waals surface area contributed by atoms with Crippen LogP contribution < -0.4 is 5.73 Å². The number of aliphatic imine (C=N–C) groups is 1. The molecule has 102 valence electrons. The third kappa shape index (κ3) is 1.78. The summed E-state index contributed by atoms with van der Waals surface area (Å²) >= 11 is 0. The molecule has 1 saturated heterocycles. The van der Waals surface area contributed by atoms with Crippen molar-refractivity contribution >= 4 is 6.02 Å². The lowest BCUT2D eigenvalue weighted by atomic mass is 9.78. The Morgan fingerprint density at radius 2 is 2.21 bits per heavy atom. The fraction of sp³-hybridized carbons (Fsp3) is 0.462. The summed E-state index contributed by atoms with van der Waals surface area (Å²) in [6, 6.07) is 6.29. The van der Waals surface area contributed by atoms with Gasteiger partial charge < -0.3 is 15.2 Å². The third-order valence-electron chi connectivity index (χ3n) is 3.79. The minimum absolute atomic E-state index is 0.0115. The number of hydrogen-bond donors (Lipinski definition) is 1. The maximum atomic E-state index is 14.1. The standard InChI is InChI=1S/C13H14F2N2O2/c14-5-11-9-6-18-12(16)17-13(9,7-19-11)8-3-1-2-4-10(8)15/h1-4,9,11H,5-7H2,(H2,16,17)/t9?,11-,13?/m1/s1. The minimum Gasteiger partial charge on any atom is -0.465 e. The van der Waals surface area contributed by atoms with Crippen LogP contribution in [0, 0.1) is 11.7 Å². The van der Waals surface area contributed by atoms with Gasteiger partial charge >= 0.3 is 0 Å². The highest BCUT2D eigenvalue weighted by Crippen LogP contribution is 2.45. The largest absolute Gasteiger partial charge is 0.465 e. The molecule has 2 unspecified atom stereocenters. The molecule has 19 heavy (non-hydrogen) atoms. The SMILES string of the molecule is NC1=NC2(c3ccccc3F)CO[C@H](CF)C2CO1. The molecule has 0 aromatic heterocycles. The highest BCUT2D eigenvalue weighted by molar-refractivity contribution is 5.73. The molecule has 0 saturated carbocycles. The van der Waals surface area contributed by atoms with E-state index in [4.69, 9.17) is 15.2 Å². The van der Waals surface area contributed by atoms with E-state index in [0.29, 0.717) is 5.56 Å². The summed E-state index contributed by atoms with van der Waals surface area (Å²) in [6.07, 6.45) is -0.642. The zero-order valence-corrected chi connectivity index (χ0v) is 10.2. The van der Waals surface area contributed by atoms with E-state index >= 15 is 0 Å². The third-order valence-corrected chi connectivity index (χ3v) is 3.79. The topological polar surface area (TPSA) is 56.8 Å². The summed E-state index contributed by atoms with van der Waals surface area (Å²) in [5, 5.41) is 0. The molecule has 2 heterocycles. The first-order valence-corrected chi connectivity index (χ1v) is 6.08. The highest BCUT2D eigenvalue weighted by atomic mass is 19.1. The molecule has 0 aliphatic carbocycles. The normalized spacial score (nSPS) is 33.5. The van der Waals surface area contributed by atoms with Crippen molar-refractivity contribution in [3.05, 3.63) is 35.6 Å². The Balaban J connectivity index is 2.13. The molecule has 4 nitrogen and oxygen atoms in total. The minimum atomic E-state index is -0.982. The van der Waals surface area contributed by atoms with Crippen LogP contribution in [0.1, 0.15) is 5.56 Å². The zero-order valence-electron chi connectivity index (χ0n) is 10.2. The molecule has 2 aliphatic heterocycles. The van der Waals surface area contributed by atoms with Crippen LogP contribution in [0.25, 0.3) is 0 Å². The second-order valence-electron chi connectivity index (χ2n) is 4.78. The quantitative estimate of drug-likeness (QED) is 0.881. The molecule has 3 rings (SSSR count). The van der Waals surface area contributed by atoms with Gasteiger partial charge in [-0.15, -0.1) is 0 Å². The number of benzene rings is 1. The van der Waals surface area contributed by atoms with E-state index < -0.39 is 24.1 Å². The Morgan fingerprint density at radius 3 is 2.95 bits per heavy atom. The molecular formula is C13H14F2N2O2. The van der Waals surface area contributed by atoms with Gasteiger partial charge in [-0.2, -0.15) is 0 Å². The van der Waals surface area contributed by atoms with Crippen LogP contribution in [-0.4, -0.2) is 32.0 Å². The van der Waals surface area contributed by atoms with Gasteiger partial charge in [0.25, 0.3) is 6.02 Å². The van der Waals surface area contributed by atoms with Crippen molar-refractivity contribution in [2.24, 2.45) is 16.6 Å². The van der Waals surface area contributed by atoms with Gasteiger partial charge in [0.2, 0.25) is 0 Å². The van der Waals surface area contributed by atoms with Gasteiger partial charge in [0.15, 0.2) is 0 Å². The monoisotopic (exact) mass is 268 g/mol. The molecule has 0 bridgehead atoms. The summed E-state index contributed by atoms with van der Waals surface area (Å²) in [5.41, 5.74) is 5.00. The van der Waals surface area contributed by atoms with Crippen LogP contribution in [0.2, 0.25) is 0 Å². The van der Waals surface area contributed by atoms with E-state index in [0.717, 1.165) is 0 Å².